The number of amides is 3. The van der Waals surface area contributed by atoms with Gasteiger partial charge in [-0.2, -0.15) is 0 Å². The lowest BCUT2D eigenvalue weighted by molar-refractivity contribution is -0.127. The van der Waals surface area contributed by atoms with Crippen molar-refractivity contribution in [2.75, 3.05) is 6.54 Å². The van der Waals surface area contributed by atoms with E-state index in [0.717, 1.165) is 22.0 Å². The largest absolute Gasteiger partial charge is 0.445 e. The molecule has 3 amide bonds. The zero-order chi connectivity index (χ0) is 23.3. The standard InChI is InChI=1S/C23H27BrClN3O4/c24-19-11-10-18(25)13-17(19)14-20(22(26)30)28-21(29)9-5-2-6-12-27-23(31)32-15-16-7-3-1-4-8-16/h1,3-4,7-8,10-11,13,20H,2,5-6,9,12,14-15H2,(H2,26,30)(H,27,31)(H,28,29)/t20-/m1/s1. The van der Waals surface area contributed by atoms with E-state index < -0.39 is 18.0 Å². The quantitative estimate of drug-likeness (QED) is 0.363. The molecule has 0 aromatic heterocycles. The van der Waals surface area contributed by atoms with Gasteiger partial charge in [0.2, 0.25) is 11.8 Å². The van der Waals surface area contributed by atoms with Crippen molar-refractivity contribution in [3.05, 3.63) is 69.2 Å². The van der Waals surface area contributed by atoms with Crippen LogP contribution in [-0.4, -0.2) is 30.5 Å². The molecule has 0 bridgehead atoms. The molecule has 0 saturated heterocycles. The summed E-state index contributed by atoms with van der Waals surface area (Å²) in [5, 5.41) is 5.91. The summed E-state index contributed by atoms with van der Waals surface area (Å²) in [7, 11) is 0. The minimum Gasteiger partial charge on any atom is -0.445 e. The summed E-state index contributed by atoms with van der Waals surface area (Å²) in [5.74, 6) is -0.856. The highest BCUT2D eigenvalue weighted by atomic mass is 79.9. The first-order valence-electron chi connectivity index (χ1n) is 10.3. The monoisotopic (exact) mass is 523 g/mol. The van der Waals surface area contributed by atoms with Crippen LogP contribution in [0.3, 0.4) is 0 Å². The van der Waals surface area contributed by atoms with E-state index in [4.69, 9.17) is 22.1 Å². The van der Waals surface area contributed by atoms with E-state index in [9.17, 15) is 14.4 Å². The molecule has 172 valence electrons. The molecule has 9 heteroatoms. The number of primary amides is 1. The topological polar surface area (TPSA) is 111 Å². The number of halogens is 2. The highest BCUT2D eigenvalue weighted by molar-refractivity contribution is 9.10. The van der Waals surface area contributed by atoms with Crippen molar-refractivity contribution in [3.8, 4) is 0 Å². The predicted octanol–water partition coefficient (Wildman–Crippen LogP) is 4.10. The molecular weight excluding hydrogens is 498 g/mol. The van der Waals surface area contributed by atoms with Crippen molar-refractivity contribution >= 4 is 45.4 Å². The molecule has 7 nitrogen and oxygen atoms in total. The number of benzene rings is 2. The Hall–Kier alpha value is -2.58. The van der Waals surface area contributed by atoms with Gasteiger partial charge in [-0.05, 0) is 42.2 Å². The van der Waals surface area contributed by atoms with E-state index in [0.29, 0.717) is 24.4 Å². The molecule has 0 saturated carbocycles. The number of hydrogen-bond acceptors (Lipinski definition) is 4. The van der Waals surface area contributed by atoms with E-state index in [1.165, 1.54) is 0 Å². The molecule has 0 spiro atoms. The van der Waals surface area contributed by atoms with Crippen LogP contribution in [-0.2, 0) is 27.4 Å². The Kier molecular flexibility index (Phi) is 11.0. The summed E-state index contributed by atoms with van der Waals surface area (Å²) < 4.78 is 5.92. The van der Waals surface area contributed by atoms with Crippen LogP contribution < -0.4 is 16.4 Å². The highest BCUT2D eigenvalue weighted by Crippen LogP contribution is 2.22. The summed E-state index contributed by atoms with van der Waals surface area (Å²) in [4.78, 5) is 35.7. The fourth-order valence-electron chi connectivity index (χ4n) is 2.96. The number of carbonyl (C=O) groups excluding carboxylic acids is 3. The van der Waals surface area contributed by atoms with Crippen LogP contribution in [0.1, 0.15) is 36.8 Å². The third kappa shape index (κ3) is 9.70. The second-order valence-corrected chi connectivity index (χ2v) is 8.55. The minimum atomic E-state index is -0.821. The molecule has 0 aliphatic rings. The van der Waals surface area contributed by atoms with Crippen LogP contribution in [0.2, 0.25) is 5.02 Å². The average molecular weight is 525 g/mol. The number of carbonyl (C=O) groups is 3. The number of ether oxygens (including phenoxy) is 1. The maximum absolute atomic E-state index is 12.2. The number of unbranched alkanes of at least 4 members (excludes halogenated alkanes) is 2. The molecular formula is C23H27BrClN3O4. The summed E-state index contributed by atoms with van der Waals surface area (Å²) in [6.45, 7) is 0.682. The van der Waals surface area contributed by atoms with E-state index in [1.807, 2.05) is 30.3 Å². The van der Waals surface area contributed by atoms with Crippen LogP contribution in [0.5, 0.6) is 0 Å². The number of alkyl carbamates (subject to hydrolysis) is 1. The van der Waals surface area contributed by atoms with Gasteiger partial charge in [-0.25, -0.2) is 4.79 Å². The first kappa shape index (κ1) is 25.7. The lowest BCUT2D eigenvalue weighted by Crippen LogP contribution is -2.45. The van der Waals surface area contributed by atoms with Gasteiger partial charge in [0.1, 0.15) is 12.6 Å². The van der Waals surface area contributed by atoms with Crippen LogP contribution in [0.4, 0.5) is 4.79 Å². The van der Waals surface area contributed by atoms with Gasteiger partial charge in [0.15, 0.2) is 0 Å². The van der Waals surface area contributed by atoms with Crippen LogP contribution in [0, 0.1) is 0 Å². The molecule has 2 aromatic carbocycles. The second kappa shape index (κ2) is 13.8. The van der Waals surface area contributed by atoms with Crippen LogP contribution >= 0.6 is 27.5 Å². The fourth-order valence-corrected chi connectivity index (χ4v) is 3.56. The Morgan fingerprint density at radius 2 is 1.81 bits per heavy atom. The zero-order valence-electron chi connectivity index (χ0n) is 17.6. The average Bonchev–Trinajstić information content (AvgIpc) is 2.77. The Bertz CT molecular complexity index is 911. The summed E-state index contributed by atoms with van der Waals surface area (Å²) in [6, 6.07) is 13.8. The van der Waals surface area contributed by atoms with Gasteiger partial charge in [0, 0.05) is 28.9 Å². The van der Waals surface area contributed by atoms with Gasteiger partial charge in [-0.3, -0.25) is 9.59 Å². The molecule has 0 radical (unpaired) electrons. The fraction of sp³-hybridized carbons (Fsp3) is 0.348. The molecule has 32 heavy (non-hydrogen) atoms. The molecule has 4 N–H and O–H groups in total. The van der Waals surface area contributed by atoms with Gasteiger partial charge >= 0.3 is 6.09 Å². The Morgan fingerprint density at radius 1 is 1.06 bits per heavy atom. The zero-order valence-corrected chi connectivity index (χ0v) is 20.0. The molecule has 0 fully saturated rings. The first-order chi connectivity index (χ1) is 15.3. The van der Waals surface area contributed by atoms with E-state index >= 15 is 0 Å². The summed E-state index contributed by atoms with van der Waals surface area (Å²) in [5.41, 5.74) is 7.16. The number of nitrogens with one attached hydrogen (secondary N) is 2. The lowest BCUT2D eigenvalue weighted by Gasteiger charge is -2.16. The van der Waals surface area contributed by atoms with Crippen molar-refractivity contribution < 1.29 is 19.1 Å². The van der Waals surface area contributed by atoms with E-state index in [1.54, 1.807) is 18.2 Å². The summed E-state index contributed by atoms with van der Waals surface area (Å²) >= 11 is 9.41. The third-order valence-corrected chi connectivity index (χ3v) is 5.68. The lowest BCUT2D eigenvalue weighted by atomic mass is 10.0. The van der Waals surface area contributed by atoms with Gasteiger partial charge in [-0.1, -0.05) is 64.3 Å². The van der Waals surface area contributed by atoms with Gasteiger partial charge in [0.25, 0.3) is 0 Å². The molecule has 1 atom stereocenters. The number of hydrogen-bond donors (Lipinski definition) is 3. The SMILES string of the molecule is NC(=O)[C@@H](Cc1cc(Cl)ccc1Br)NC(=O)CCCCCNC(=O)OCc1ccccc1. The smallest absolute Gasteiger partial charge is 0.407 e. The summed E-state index contributed by atoms with van der Waals surface area (Å²) in [6.07, 6.45) is 2.12. The molecule has 0 aliphatic heterocycles. The van der Waals surface area contributed by atoms with Crippen molar-refractivity contribution in [1.82, 2.24) is 10.6 Å². The van der Waals surface area contributed by atoms with E-state index in [-0.39, 0.29) is 25.4 Å². The van der Waals surface area contributed by atoms with Gasteiger partial charge in [0.05, 0.1) is 0 Å². The second-order valence-electron chi connectivity index (χ2n) is 7.26. The maximum Gasteiger partial charge on any atom is 0.407 e. The van der Waals surface area contributed by atoms with E-state index in [2.05, 4.69) is 26.6 Å². The molecule has 0 unspecified atom stereocenters. The minimum absolute atomic E-state index is 0.222. The Balaban J connectivity index is 1.61. The predicted molar refractivity (Wildman–Crippen MR) is 127 cm³/mol. The van der Waals surface area contributed by atoms with Crippen LogP contribution in [0.25, 0.3) is 0 Å². The van der Waals surface area contributed by atoms with Crippen LogP contribution in [0.15, 0.2) is 53.0 Å². The Labute approximate surface area is 201 Å². The molecule has 0 aliphatic carbocycles. The third-order valence-electron chi connectivity index (χ3n) is 4.67. The Morgan fingerprint density at radius 3 is 2.53 bits per heavy atom. The molecule has 0 heterocycles. The van der Waals surface area contributed by atoms with Gasteiger partial charge in [-0.15, -0.1) is 0 Å². The molecule has 2 aromatic rings. The van der Waals surface area contributed by atoms with Gasteiger partial charge < -0.3 is 21.1 Å². The normalized spacial score (nSPS) is 11.4. The number of rotatable bonds is 12. The van der Waals surface area contributed by atoms with Crippen molar-refractivity contribution in [2.45, 2.75) is 44.8 Å². The maximum atomic E-state index is 12.2. The molecule has 2 rings (SSSR count). The van der Waals surface area contributed by atoms with Crippen molar-refractivity contribution in [3.63, 3.8) is 0 Å². The highest BCUT2D eigenvalue weighted by Gasteiger charge is 2.19. The van der Waals surface area contributed by atoms with Crippen molar-refractivity contribution in [1.29, 1.82) is 0 Å². The van der Waals surface area contributed by atoms with Crippen molar-refractivity contribution in [2.24, 2.45) is 5.73 Å². The first-order valence-corrected chi connectivity index (χ1v) is 11.5. The number of nitrogens with two attached hydrogens (primary N) is 1.